The maximum absolute atomic E-state index is 12.1. The third kappa shape index (κ3) is 2.05. The molecule has 1 N–H and O–H groups in total. The summed E-state index contributed by atoms with van der Waals surface area (Å²) >= 11 is 0. The number of ether oxygens (including phenoxy) is 1. The van der Waals surface area contributed by atoms with Crippen LogP contribution >= 0.6 is 0 Å². The molecule has 3 rings (SSSR count). The summed E-state index contributed by atoms with van der Waals surface area (Å²) in [5.41, 5.74) is 3.89. The molecular weight excluding hydrogens is 238 g/mol. The highest BCUT2D eigenvalue weighted by molar-refractivity contribution is 6.05. The minimum Gasteiger partial charge on any atom is -0.461 e. The Morgan fingerprint density at radius 3 is 2.95 bits per heavy atom. The molecule has 3 heteroatoms. The van der Waals surface area contributed by atoms with Crippen LogP contribution in [-0.4, -0.2) is 17.6 Å². The fourth-order valence-electron chi connectivity index (χ4n) is 2.73. The molecule has 19 heavy (non-hydrogen) atoms. The number of carbonyl (C=O) groups is 1. The van der Waals surface area contributed by atoms with Crippen molar-refractivity contribution in [3.05, 3.63) is 41.6 Å². The molecule has 1 aromatic heterocycles. The van der Waals surface area contributed by atoms with Crippen LogP contribution in [0.5, 0.6) is 0 Å². The summed E-state index contributed by atoms with van der Waals surface area (Å²) in [6, 6.07) is 8.03. The summed E-state index contributed by atoms with van der Waals surface area (Å²) in [5.74, 6) is -0.263. The van der Waals surface area contributed by atoms with Gasteiger partial charge in [-0.25, -0.2) is 4.79 Å². The Labute approximate surface area is 112 Å². The summed E-state index contributed by atoms with van der Waals surface area (Å²) in [5, 5.41) is 1.11. The zero-order valence-electron chi connectivity index (χ0n) is 11.0. The lowest BCUT2D eigenvalue weighted by Gasteiger charge is -2.05. The molecule has 0 amide bonds. The zero-order chi connectivity index (χ0) is 13.2. The van der Waals surface area contributed by atoms with E-state index < -0.39 is 0 Å². The molecule has 0 unspecified atom stereocenters. The number of aromatic amines is 1. The van der Waals surface area contributed by atoms with Crippen LogP contribution in [-0.2, 0) is 4.74 Å². The monoisotopic (exact) mass is 255 g/mol. The molecule has 1 aliphatic carbocycles. The van der Waals surface area contributed by atoms with Crippen molar-refractivity contribution < 1.29 is 9.53 Å². The van der Waals surface area contributed by atoms with Crippen molar-refractivity contribution in [1.82, 2.24) is 4.98 Å². The van der Waals surface area contributed by atoms with Crippen molar-refractivity contribution in [1.29, 1.82) is 0 Å². The van der Waals surface area contributed by atoms with E-state index in [-0.39, 0.29) is 5.97 Å². The fraction of sp³-hybridized carbons (Fsp3) is 0.312. The van der Waals surface area contributed by atoms with Crippen molar-refractivity contribution in [3.8, 4) is 0 Å². The van der Waals surface area contributed by atoms with Crippen molar-refractivity contribution in [2.75, 3.05) is 6.61 Å². The maximum atomic E-state index is 12.1. The van der Waals surface area contributed by atoms with Crippen LogP contribution < -0.4 is 0 Å². The van der Waals surface area contributed by atoms with E-state index in [1.807, 2.05) is 25.1 Å². The number of carbonyl (C=O) groups excluding carboxylic acids is 1. The highest BCUT2D eigenvalue weighted by atomic mass is 16.5. The van der Waals surface area contributed by atoms with Gasteiger partial charge in [0.05, 0.1) is 6.61 Å². The molecule has 0 aliphatic heterocycles. The van der Waals surface area contributed by atoms with Crippen molar-refractivity contribution >= 4 is 22.4 Å². The van der Waals surface area contributed by atoms with Gasteiger partial charge in [0, 0.05) is 16.5 Å². The van der Waals surface area contributed by atoms with E-state index >= 15 is 0 Å². The summed E-state index contributed by atoms with van der Waals surface area (Å²) < 4.78 is 5.16. The van der Waals surface area contributed by atoms with E-state index in [9.17, 15) is 4.79 Å². The quantitative estimate of drug-likeness (QED) is 0.845. The van der Waals surface area contributed by atoms with Gasteiger partial charge < -0.3 is 9.72 Å². The smallest absolute Gasteiger partial charge is 0.355 e. The van der Waals surface area contributed by atoms with Gasteiger partial charge in [-0.2, -0.15) is 0 Å². The summed E-state index contributed by atoms with van der Waals surface area (Å²) in [7, 11) is 0. The second-order valence-corrected chi connectivity index (χ2v) is 4.76. The zero-order valence-corrected chi connectivity index (χ0v) is 11.0. The molecule has 1 aliphatic rings. The molecule has 98 valence electrons. The highest BCUT2D eigenvalue weighted by Crippen LogP contribution is 2.35. The fourth-order valence-corrected chi connectivity index (χ4v) is 2.73. The molecule has 3 nitrogen and oxygen atoms in total. The molecule has 0 bridgehead atoms. The topological polar surface area (TPSA) is 42.1 Å². The number of H-pyrrole nitrogens is 1. The Hall–Kier alpha value is -2.03. The predicted octanol–water partition coefficient (Wildman–Crippen LogP) is 3.91. The van der Waals surface area contributed by atoms with E-state index in [4.69, 9.17) is 4.74 Å². The Morgan fingerprint density at radius 1 is 1.37 bits per heavy atom. The number of nitrogens with one attached hydrogen (secondary N) is 1. The second-order valence-electron chi connectivity index (χ2n) is 4.76. The van der Waals surface area contributed by atoms with Crippen LogP contribution in [0.25, 0.3) is 16.5 Å². The molecule has 0 radical (unpaired) electrons. The Kier molecular flexibility index (Phi) is 3.11. The number of hydrogen-bond donors (Lipinski definition) is 1. The van der Waals surface area contributed by atoms with E-state index in [0.29, 0.717) is 12.3 Å². The third-order valence-electron chi connectivity index (χ3n) is 3.55. The van der Waals surface area contributed by atoms with E-state index in [1.54, 1.807) is 0 Å². The summed E-state index contributed by atoms with van der Waals surface area (Å²) in [4.78, 5) is 15.3. The lowest BCUT2D eigenvalue weighted by atomic mass is 10.0. The molecule has 0 saturated heterocycles. The van der Waals surface area contributed by atoms with Crippen LogP contribution in [0.2, 0.25) is 0 Å². The largest absolute Gasteiger partial charge is 0.461 e. The van der Waals surface area contributed by atoms with Crippen LogP contribution in [0.1, 0.15) is 42.2 Å². The van der Waals surface area contributed by atoms with Crippen LogP contribution in [0, 0.1) is 0 Å². The number of aromatic nitrogens is 1. The molecular formula is C16H17NO2. The van der Waals surface area contributed by atoms with Crippen molar-refractivity contribution in [3.63, 3.8) is 0 Å². The van der Waals surface area contributed by atoms with E-state index in [1.165, 1.54) is 5.57 Å². The molecule has 2 aromatic rings. The standard InChI is InChI=1S/C16H17NO2/c1-2-19-16(18)15-14(11-7-3-4-8-11)12-9-5-6-10-13(12)17-15/h5-7,9-10,17H,2-4,8H2,1H3. The van der Waals surface area contributed by atoms with Crippen molar-refractivity contribution in [2.24, 2.45) is 0 Å². The molecule has 1 aromatic carbocycles. The molecule has 0 spiro atoms. The van der Waals surface area contributed by atoms with Gasteiger partial charge in [0.1, 0.15) is 5.69 Å². The van der Waals surface area contributed by atoms with Gasteiger partial charge >= 0.3 is 5.97 Å². The van der Waals surface area contributed by atoms with Gasteiger partial charge in [0.2, 0.25) is 0 Å². The third-order valence-corrected chi connectivity index (χ3v) is 3.55. The van der Waals surface area contributed by atoms with Crippen LogP contribution in [0.4, 0.5) is 0 Å². The molecule has 0 fully saturated rings. The van der Waals surface area contributed by atoms with Crippen LogP contribution in [0.3, 0.4) is 0 Å². The Morgan fingerprint density at radius 2 is 2.21 bits per heavy atom. The van der Waals surface area contributed by atoms with Crippen molar-refractivity contribution in [2.45, 2.75) is 26.2 Å². The average Bonchev–Trinajstić information content (AvgIpc) is 3.05. The van der Waals surface area contributed by atoms with E-state index in [2.05, 4.69) is 17.1 Å². The van der Waals surface area contributed by atoms with Gasteiger partial charge in [0.25, 0.3) is 0 Å². The first kappa shape index (κ1) is 12.0. The maximum Gasteiger partial charge on any atom is 0.355 e. The SMILES string of the molecule is CCOC(=O)c1[nH]c2ccccc2c1C1=CCCC1. The number of para-hydroxylation sites is 1. The van der Waals surface area contributed by atoms with E-state index in [0.717, 1.165) is 35.7 Å². The second kappa shape index (κ2) is 4.92. The Bertz CT molecular complexity index is 652. The Balaban J connectivity index is 2.19. The number of benzene rings is 1. The van der Waals surface area contributed by atoms with Gasteiger partial charge in [-0.05, 0) is 37.8 Å². The molecule has 0 atom stereocenters. The normalized spacial score (nSPS) is 14.7. The summed E-state index contributed by atoms with van der Waals surface area (Å²) in [6.07, 6.45) is 5.53. The number of esters is 1. The molecule has 0 saturated carbocycles. The summed E-state index contributed by atoms with van der Waals surface area (Å²) in [6.45, 7) is 2.22. The molecule has 1 heterocycles. The minimum absolute atomic E-state index is 0.263. The first-order valence-electron chi connectivity index (χ1n) is 6.78. The van der Waals surface area contributed by atoms with Gasteiger partial charge in [0.15, 0.2) is 0 Å². The first-order valence-corrected chi connectivity index (χ1v) is 6.78. The lowest BCUT2D eigenvalue weighted by Crippen LogP contribution is -2.07. The number of allylic oxidation sites excluding steroid dienone is 2. The minimum atomic E-state index is -0.263. The average molecular weight is 255 g/mol. The lowest BCUT2D eigenvalue weighted by molar-refractivity contribution is 0.0520. The number of rotatable bonds is 3. The van der Waals surface area contributed by atoms with Crippen LogP contribution in [0.15, 0.2) is 30.3 Å². The van der Waals surface area contributed by atoms with Gasteiger partial charge in [-0.1, -0.05) is 24.3 Å². The first-order chi connectivity index (χ1) is 9.31. The number of hydrogen-bond acceptors (Lipinski definition) is 2. The predicted molar refractivity (Wildman–Crippen MR) is 76.1 cm³/mol. The van der Waals surface area contributed by atoms with Gasteiger partial charge in [-0.3, -0.25) is 0 Å². The highest BCUT2D eigenvalue weighted by Gasteiger charge is 2.22. The van der Waals surface area contributed by atoms with Gasteiger partial charge in [-0.15, -0.1) is 0 Å². The number of fused-ring (bicyclic) bond motifs is 1.